The molecule has 1 saturated heterocycles. The number of anilines is 3. The molecular formula is C17H19N3S. The zero-order chi connectivity index (χ0) is 14.5. The van der Waals surface area contributed by atoms with Crippen molar-refractivity contribution < 1.29 is 0 Å². The Balaban J connectivity index is 1.58. The van der Waals surface area contributed by atoms with E-state index in [2.05, 4.69) is 39.8 Å². The summed E-state index contributed by atoms with van der Waals surface area (Å²) in [5.74, 6) is 0. The molecule has 3 nitrogen and oxygen atoms in total. The molecule has 0 aliphatic carbocycles. The summed E-state index contributed by atoms with van der Waals surface area (Å²) in [4.78, 5) is 2.42. The summed E-state index contributed by atoms with van der Waals surface area (Å²) in [5.41, 5.74) is 3.29. The van der Waals surface area contributed by atoms with Crippen LogP contribution in [0.2, 0.25) is 0 Å². The molecule has 1 heterocycles. The van der Waals surface area contributed by atoms with Crippen molar-refractivity contribution in [1.29, 1.82) is 0 Å². The topological polar surface area (TPSA) is 27.3 Å². The second kappa shape index (κ2) is 6.59. The molecule has 0 saturated carbocycles. The minimum absolute atomic E-state index is 0.607. The summed E-state index contributed by atoms with van der Waals surface area (Å²) in [7, 11) is 0. The zero-order valence-electron chi connectivity index (χ0n) is 11.9. The molecule has 3 rings (SSSR count). The number of hydrogen-bond donors (Lipinski definition) is 2. The van der Waals surface area contributed by atoms with E-state index in [0.717, 1.165) is 11.4 Å². The lowest BCUT2D eigenvalue weighted by Gasteiger charge is -2.18. The first-order valence-electron chi connectivity index (χ1n) is 7.29. The summed E-state index contributed by atoms with van der Waals surface area (Å²) in [6.07, 6.45) is 2.59. The van der Waals surface area contributed by atoms with Gasteiger partial charge in [-0.15, -0.1) is 0 Å². The molecule has 108 valence electrons. The van der Waals surface area contributed by atoms with Crippen molar-refractivity contribution in [2.75, 3.05) is 28.6 Å². The van der Waals surface area contributed by atoms with Crippen LogP contribution in [0.4, 0.5) is 17.1 Å². The largest absolute Gasteiger partial charge is 0.372 e. The van der Waals surface area contributed by atoms with Gasteiger partial charge in [0.1, 0.15) is 0 Å². The lowest BCUT2D eigenvalue weighted by Crippen LogP contribution is -2.19. The van der Waals surface area contributed by atoms with Crippen LogP contribution in [-0.4, -0.2) is 18.2 Å². The first kappa shape index (κ1) is 13.9. The molecule has 1 aliphatic rings. The van der Waals surface area contributed by atoms with E-state index in [1.807, 2.05) is 30.3 Å². The highest BCUT2D eigenvalue weighted by atomic mass is 32.1. The standard InChI is InChI=1S/C17H19N3S/c21-17(18-14-6-2-1-3-7-14)19-15-8-10-16(11-9-15)20-12-4-5-13-20/h1-3,6-11H,4-5,12-13H2,(H2,18,19,21). The second-order valence-corrected chi connectivity index (χ2v) is 5.59. The molecule has 1 fully saturated rings. The maximum atomic E-state index is 5.33. The third kappa shape index (κ3) is 3.73. The SMILES string of the molecule is S=C(Nc1ccccc1)Nc1ccc(N2CCCC2)cc1. The number of hydrogen-bond acceptors (Lipinski definition) is 2. The van der Waals surface area contributed by atoms with E-state index in [4.69, 9.17) is 12.2 Å². The van der Waals surface area contributed by atoms with E-state index in [1.165, 1.54) is 31.6 Å². The Morgan fingerprint density at radius 2 is 1.38 bits per heavy atom. The summed E-state index contributed by atoms with van der Waals surface area (Å²) in [6, 6.07) is 18.4. The van der Waals surface area contributed by atoms with Gasteiger partial charge in [0, 0.05) is 30.2 Å². The maximum absolute atomic E-state index is 5.33. The van der Waals surface area contributed by atoms with Crippen LogP contribution < -0.4 is 15.5 Å². The Hall–Kier alpha value is -2.07. The number of para-hydroxylation sites is 1. The molecule has 21 heavy (non-hydrogen) atoms. The molecule has 1 aliphatic heterocycles. The van der Waals surface area contributed by atoms with E-state index >= 15 is 0 Å². The lowest BCUT2D eigenvalue weighted by atomic mass is 10.2. The van der Waals surface area contributed by atoms with Gasteiger partial charge in [-0.1, -0.05) is 18.2 Å². The van der Waals surface area contributed by atoms with Gasteiger partial charge in [0.25, 0.3) is 0 Å². The van der Waals surface area contributed by atoms with Crippen molar-refractivity contribution >= 4 is 34.4 Å². The van der Waals surface area contributed by atoms with Crippen molar-refractivity contribution in [2.24, 2.45) is 0 Å². The van der Waals surface area contributed by atoms with Crippen LogP contribution in [0.5, 0.6) is 0 Å². The number of nitrogens with one attached hydrogen (secondary N) is 2. The van der Waals surface area contributed by atoms with Gasteiger partial charge in [0.15, 0.2) is 5.11 Å². The summed E-state index contributed by atoms with van der Waals surface area (Å²) >= 11 is 5.33. The zero-order valence-corrected chi connectivity index (χ0v) is 12.7. The lowest BCUT2D eigenvalue weighted by molar-refractivity contribution is 0.949. The molecule has 0 aromatic heterocycles. The predicted octanol–water partition coefficient (Wildman–Crippen LogP) is 4.10. The van der Waals surface area contributed by atoms with Gasteiger partial charge in [0.05, 0.1) is 0 Å². The predicted molar refractivity (Wildman–Crippen MR) is 94.2 cm³/mol. The number of thiocarbonyl (C=S) groups is 1. The van der Waals surface area contributed by atoms with Gasteiger partial charge < -0.3 is 15.5 Å². The normalized spacial score (nSPS) is 14.0. The minimum Gasteiger partial charge on any atom is -0.372 e. The van der Waals surface area contributed by atoms with Crippen LogP contribution in [0.15, 0.2) is 54.6 Å². The molecule has 0 spiro atoms. The first-order chi connectivity index (χ1) is 10.3. The smallest absolute Gasteiger partial charge is 0.175 e. The average molecular weight is 297 g/mol. The van der Waals surface area contributed by atoms with Gasteiger partial charge in [-0.25, -0.2) is 0 Å². The number of rotatable bonds is 3. The minimum atomic E-state index is 0.607. The van der Waals surface area contributed by atoms with Crippen molar-refractivity contribution in [3.8, 4) is 0 Å². The van der Waals surface area contributed by atoms with Crippen LogP contribution in [0.1, 0.15) is 12.8 Å². The van der Waals surface area contributed by atoms with E-state index in [-0.39, 0.29) is 0 Å². The van der Waals surface area contributed by atoms with E-state index in [9.17, 15) is 0 Å². The first-order valence-corrected chi connectivity index (χ1v) is 7.70. The third-order valence-electron chi connectivity index (χ3n) is 3.63. The fourth-order valence-corrected chi connectivity index (χ4v) is 2.78. The summed E-state index contributed by atoms with van der Waals surface area (Å²) < 4.78 is 0. The molecule has 4 heteroatoms. The number of nitrogens with zero attached hydrogens (tertiary/aromatic N) is 1. The second-order valence-electron chi connectivity index (χ2n) is 5.19. The van der Waals surface area contributed by atoms with E-state index < -0.39 is 0 Å². The maximum Gasteiger partial charge on any atom is 0.175 e. The van der Waals surface area contributed by atoms with Crippen LogP contribution in [0.25, 0.3) is 0 Å². The Bertz CT molecular complexity index is 589. The van der Waals surface area contributed by atoms with Crippen molar-refractivity contribution in [3.63, 3.8) is 0 Å². The molecule has 0 amide bonds. The van der Waals surface area contributed by atoms with Gasteiger partial charge in [-0.3, -0.25) is 0 Å². The Morgan fingerprint density at radius 1 is 0.810 bits per heavy atom. The van der Waals surface area contributed by atoms with Gasteiger partial charge >= 0.3 is 0 Å². The Labute approximate surface area is 131 Å². The van der Waals surface area contributed by atoms with Crippen LogP contribution in [0.3, 0.4) is 0 Å². The Morgan fingerprint density at radius 3 is 2.00 bits per heavy atom. The molecular weight excluding hydrogens is 278 g/mol. The van der Waals surface area contributed by atoms with Gasteiger partial charge in [-0.2, -0.15) is 0 Å². The van der Waals surface area contributed by atoms with Crippen molar-refractivity contribution in [1.82, 2.24) is 0 Å². The quantitative estimate of drug-likeness (QED) is 0.834. The molecule has 2 aromatic rings. The summed E-state index contributed by atoms with van der Waals surface area (Å²) in [5, 5.41) is 6.99. The highest BCUT2D eigenvalue weighted by Gasteiger charge is 2.11. The van der Waals surface area contributed by atoms with E-state index in [1.54, 1.807) is 0 Å². The van der Waals surface area contributed by atoms with Crippen LogP contribution in [0, 0.1) is 0 Å². The third-order valence-corrected chi connectivity index (χ3v) is 3.83. The van der Waals surface area contributed by atoms with Gasteiger partial charge in [-0.05, 0) is 61.5 Å². The van der Waals surface area contributed by atoms with E-state index in [0.29, 0.717) is 5.11 Å². The average Bonchev–Trinajstić information content (AvgIpc) is 3.03. The van der Waals surface area contributed by atoms with Crippen LogP contribution >= 0.6 is 12.2 Å². The fraction of sp³-hybridized carbons (Fsp3) is 0.235. The fourth-order valence-electron chi connectivity index (χ4n) is 2.55. The molecule has 2 N–H and O–H groups in total. The molecule has 0 atom stereocenters. The molecule has 0 unspecified atom stereocenters. The monoisotopic (exact) mass is 297 g/mol. The van der Waals surface area contributed by atoms with Crippen molar-refractivity contribution in [3.05, 3.63) is 54.6 Å². The Kier molecular flexibility index (Phi) is 4.36. The number of benzene rings is 2. The molecule has 0 radical (unpaired) electrons. The van der Waals surface area contributed by atoms with Crippen LogP contribution in [-0.2, 0) is 0 Å². The highest BCUT2D eigenvalue weighted by molar-refractivity contribution is 7.80. The highest BCUT2D eigenvalue weighted by Crippen LogP contribution is 2.22. The molecule has 0 bridgehead atoms. The molecule has 2 aromatic carbocycles. The van der Waals surface area contributed by atoms with Crippen molar-refractivity contribution in [2.45, 2.75) is 12.8 Å². The summed E-state index contributed by atoms with van der Waals surface area (Å²) in [6.45, 7) is 2.33. The van der Waals surface area contributed by atoms with Gasteiger partial charge in [0.2, 0.25) is 0 Å².